The molecule has 1 heterocycles. The standard InChI is InChI=1S/C10H14BrNS.ClH/c1-6-4-9(13-10(6)11)8(12)5-7-2-3-7;/h4,7-8H,2-3,5,12H2,1H3;1H/t8-;/m1./s1. The molecule has 0 aromatic carbocycles. The van der Waals surface area contributed by atoms with Gasteiger partial charge in [0.25, 0.3) is 0 Å². The van der Waals surface area contributed by atoms with Crippen molar-refractivity contribution in [3.05, 3.63) is 20.3 Å². The van der Waals surface area contributed by atoms with Gasteiger partial charge in [0.05, 0.1) is 3.79 Å². The van der Waals surface area contributed by atoms with E-state index in [9.17, 15) is 0 Å². The highest BCUT2D eigenvalue weighted by atomic mass is 79.9. The number of rotatable bonds is 3. The molecule has 0 aliphatic heterocycles. The molecule has 0 unspecified atom stereocenters. The summed E-state index contributed by atoms with van der Waals surface area (Å²) in [7, 11) is 0. The minimum absolute atomic E-state index is 0. The van der Waals surface area contributed by atoms with Crippen molar-refractivity contribution in [3.8, 4) is 0 Å². The van der Waals surface area contributed by atoms with E-state index in [1.165, 1.54) is 33.5 Å². The van der Waals surface area contributed by atoms with Gasteiger partial charge in [0.15, 0.2) is 0 Å². The van der Waals surface area contributed by atoms with Gasteiger partial charge < -0.3 is 5.73 Å². The molecular weight excluding hydrogens is 282 g/mol. The molecule has 80 valence electrons. The van der Waals surface area contributed by atoms with Crippen molar-refractivity contribution in [1.29, 1.82) is 0 Å². The summed E-state index contributed by atoms with van der Waals surface area (Å²) in [5, 5.41) is 0. The molecule has 1 aromatic heterocycles. The van der Waals surface area contributed by atoms with Crippen LogP contribution in [0.1, 0.15) is 35.7 Å². The third kappa shape index (κ3) is 2.96. The molecule has 1 atom stereocenters. The van der Waals surface area contributed by atoms with E-state index in [4.69, 9.17) is 5.73 Å². The highest BCUT2D eigenvalue weighted by Crippen LogP contribution is 2.39. The SMILES string of the molecule is Cc1cc([C@H](N)CC2CC2)sc1Br.Cl. The molecule has 0 bridgehead atoms. The smallest absolute Gasteiger partial charge is 0.0731 e. The van der Waals surface area contributed by atoms with E-state index < -0.39 is 0 Å². The molecule has 14 heavy (non-hydrogen) atoms. The lowest BCUT2D eigenvalue weighted by Crippen LogP contribution is -2.08. The predicted molar refractivity (Wildman–Crippen MR) is 68.3 cm³/mol. The maximum absolute atomic E-state index is 6.11. The Morgan fingerprint density at radius 2 is 2.29 bits per heavy atom. The topological polar surface area (TPSA) is 26.0 Å². The zero-order valence-electron chi connectivity index (χ0n) is 8.13. The fraction of sp³-hybridized carbons (Fsp3) is 0.600. The van der Waals surface area contributed by atoms with Gasteiger partial charge in [0, 0.05) is 10.9 Å². The molecule has 1 nitrogen and oxygen atoms in total. The Hall–Kier alpha value is 0.430. The first-order valence-corrected chi connectivity index (χ1v) is 6.29. The maximum atomic E-state index is 6.11. The Balaban J connectivity index is 0.000000980. The maximum Gasteiger partial charge on any atom is 0.0731 e. The zero-order valence-corrected chi connectivity index (χ0v) is 11.3. The molecule has 1 aliphatic rings. The van der Waals surface area contributed by atoms with Crippen molar-refractivity contribution in [2.45, 2.75) is 32.2 Å². The quantitative estimate of drug-likeness (QED) is 0.895. The van der Waals surface area contributed by atoms with E-state index >= 15 is 0 Å². The van der Waals surface area contributed by atoms with Gasteiger partial charge in [-0.1, -0.05) is 12.8 Å². The third-order valence-corrected chi connectivity index (χ3v) is 4.79. The van der Waals surface area contributed by atoms with E-state index in [1.54, 1.807) is 11.3 Å². The van der Waals surface area contributed by atoms with Gasteiger partial charge in [-0.25, -0.2) is 0 Å². The molecule has 0 amide bonds. The highest BCUT2D eigenvalue weighted by molar-refractivity contribution is 9.11. The number of aryl methyl sites for hydroxylation is 1. The predicted octanol–water partition coefficient (Wildman–Crippen LogP) is 4.04. The summed E-state index contributed by atoms with van der Waals surface area (Å²) in [5.41, 5.74) is 7.42. The Bertz CT molecular complexity index is 290. The molecule has 1 aromatic rings. The summed E-state index contributed by atoms with van der Waals surface area (Å²) in [6.45, 7) is 2.12. The molecule has 1 aliphatic carbocycles. The molecular formula is C10H15BrClNS. The Labute approximate surface area is 104 Å². The van der Waals surface area contributed by atoms with Crippen LogP contribution in [-0.4, -0.2) is 0 Å². The molecule has 1 saturated carbocycles. The number of halogens is 2. The number of hydrogen-bond acceptors (Lipinski definition) is 2. The van der Waals surface area contributed by atoms with Crippen molar-refractivity contribution in [2.75, 3.05) is 0 Å². The average molecular weight is 297 g/mol. The van der Waals surface area contributed by atoms with Crippen LogP contribution >= 0.6 is 39.7 Å². The van der Waals surface area contributed by atoms with E-state index in [0.29, 0.717) is 0 Å². The second kappa shape index (κ2) is 4.97. The Kier molecular flexibility index (Phi) is 4.44. The van der Waals surface area contributed by atoms with Crippen LogP contribution in [0, 0.1) is 12.8 Å². The molecule has 2 rings (SSSR count). The second-order valence-electron chi connectivity index (χ2n) is 3.89. The van der Waals surface area contributed by atoms with Crippen molar-refractivity contribution in [3.63, 3.8) is 0 Å². The van der Waals surface area contributed by atoms with Crippen molar-refractivity contribution in [2.24, 2.45) is 11.7 Å². The minimum atomic E-state index is 0. The third-order valence-electron chi connectivity index (χ3n) is 2.53. The average Bonchev–Trinajstić information content (AvgIpc) is 2.81. The van der Waals surface area contributed by atoms with Crippen LogP contribution in [0.15, 0.2) is 9.85 Å². The summed E-state index contributed by atoms with van der Waals surface area (Å²) in [6, 6.07) is 2.48. The number of nitrogens with two attached hydrogens (primary N) is 1. The first-order valence-electron chi connectivity index (χ1n) is 4.68. The molecule has 4 heteroatoms. The van der Waals surface area contributed by atoms with Crippen LogP contribution in [0.3, 0.4) is 0 Å². The lowest BCUT2D eigenvalue weighted by Gasteiger charge is -2.07. The fourth-order valence-corrected chi connectivity index (χ4v) is 3.08. The Morgan fingerprint density at radius 1 is 1.64 bits per heavy atom. The van der Waals surface area contributed by atoms with Gasteiger partial charge >= 0.3 is 0 Å². The first kappa shape index (κ1) is 12.5. The van der Waals surface area contributed by atoms with Gasteiger partial charge in [-0.3, -0.25) is 0 Å². The van der Waals surface area contributed by atoms with Gasteiger partial charge in [0.2, 0.25) is 0 Å². The zero-order chi connectivity index (χ0) is 9.42. The van der Waals surface area contributed by atoms with Crippen LogP contribution in [0.2, 0.25) is 0 Å². The molecule has 0 spiro atoms. The normalized spacial score (nSPS) is 17.6. The summed E-state index contributed by atoms with van der Waals surface area (Å²) >= 11 is 5.31. The molecule has 2 N–H and O–H groups in total. The van der Waals surface area contributed by atoms with E-state index in [0.717, 1.165) is 5.92 Å². The van der Waals surface area contributed by atoms with E-state index in [2.05, 4.69) is 28.9 Å². The summed E-state index contributed by atoms with van der Waals surface area (Å²) < 4.78 is 1.23. The Morgan fingerprint density at radius 3 is 2.71 bits per heavy atom. The molecule has 0 radical (unpaired) electrons. The molecule has 0 saturated heterocycles. The number of hydrogen-bond donors (Lipinski definition) is 1. The number of thiophene rings is 1. The monoisotopic (exact) mass is 295 g/mol. The van der Waals surface area contributed by atoms with Crippen LogP contribution in [-0.2, 0) is 0 Å². The van der Waals surface area contributed by atoms with Crippen molar-refractivity contribution >= 4 is 39.7 Å². The van der Waals surface area contributed by atoms with Gasteiger partial charge in [-0.2, -0.15) is 0 Å². The summed E-state index contributed by atoms with van der Waals surface area (Å²) in [4.78, 5) is 1.33. The lowest BCUT2D eigenvalue weighted by atomic mass is 10.1. The lowest BCUT2D eigenvalue weighted by molar-refractivity contribution is 0.605. The summed E-state index contributed by atoms with van der Waals surface area (Å²) in [5.74, 6) is 0.913. The van der Waals surface area contributed by atoms with Crippen LogP contribution < -0.4 is 5.73 Å². The van der Waals surface area contributed by atoms with Crippen molar-refractivity contribution < 1.29 is 0 Å². The van der Waals surface area contributed by atoms with E-state index in [1.807, 2.05) is 0 Å². The van der Waals surface area contributed by atoms with Crippen LogP contribution in [0.4, 0.5) is 0 Å². The largest absolute Gasteiger partial charge is 0.323 e. The van der Waals surface area contributed by atoms with Crippen LogP contribution in [0.25, 0.3) is 0 Å². The van der Waals surface area contributed by atoms with Crippen molar-refractivity contribution in [1.82, 2.24) is 0 Å². The fourth-order valence-electron chi connectivity index (χ4n) is 1.50. The van der Waals surface area contributed by atoms with Gasteiger partial charge in [-0.15, -0.1) is 23.7 Å². The van der Waals surface area contributed by atoms with E-state index in [-0.39, 0.29) is 18.4 Å². The second-order valence-corrected chi connectivity index (χ2v) is 6.29. The van der Waals surface area contributed by atoms with Gasteiger partial charge in [-0.05, 0) is 46.8 Å². The van der Waals surface area contributed by atoms with Crippen LogP contribution in [0.5, 0.6) is 0 Å². The first-order chi connectivity index (χ1) is 6.16. The minimum Gasteiger partial charge on any atom is -0.323 e. The highest BCUT2D eigenvalue weighted by Gasteiger charge is 2.25. The molecule has 1 fully saturated rings. The summed E-state index contributed by atoms with van der Waals surface area (Å²) in [6.07, 6.45) is 3.95. The van der Waals surface area contributed by atoms with Gasteiger partial charge in [0.1, 0.15) is 0 Å².